The molecule has 3 rings (SSSR count). The summed E-state index contributed by atoms with van der Waals surface area (Å²) in [5.41, 5.74) is 3.39. The van der Waals surface area contributed by atoms with Gasteiger partial charge < -0.3 is 0 Å². The van der Waals surface area contributed by atoms with Crippen molar-refractivity contribution in [2.24, 2.45) is 0 Å². The smallest absolute Gasteiger partial charge is 0.0653 e. The zero-order valence-corrected chi connectivity index (χ0v) is 9.08. The van der Waals surface area contributed by atoms with Gasteiger partial charge in [-0.05, 0) is 37.7 Å². The third-order valence-electron chi connectivity index (χ3n) is 3.81. The van der Waals surface area contributed by atoms with Gasteiger partial charge in [-0.2, -0.15) is 5.10 Å². The first-order valence-electron chi connectivity index (χ1n) is 5.79. The average Bonchev–Trinajstić information content (AvgIpc) is 2.77. The van der Waals surface area contributed by atoms with Crippen LogP contribution in [0.3, 0.4) is 0 Å². The number of hydrogen-bond donors (Lipinski definition) is 0. The Hall–Kier alpha value is -0.790. The molecule has 0 atom stereocenters. The lowest BCUT2D eigenvalue weighted by Gasteiger charge is -2.22. The third-order valence-corrected chi connectivity index (χ3v) is 3.81. The van der Waals surface area contributed by atoms with Crippen molar-refractivity contribution in [3.05, 3.63) is 17.5 Å². The molecule has 0 aromatic carbocycles. The number of rotatable bonds is 1. The molecule has 1 aliphatic heterocycles. The molecular formula is C12H18N2. The fourth-order valence-electron chi connectivity index (χ4n) is 2.67. The van der Waals surface area contributed by atoms with E-state index >= 15 is 0 Å². The highest BCUT2D eigenvalue weighted by molar-refractivity contribution is 5.29. The van der Waals surface area contributed by atoms with Gasteiger partial charge in [0, 0.05) is 17.7 Å². The zero-order valence-electron chi connectivity index (χ0n) is 9.08. The van der Waals surface area contributed by atoms with Crippen LogP contribution in [0.15, 0.2) is 6.07 Å². The van der Waals surface area contributed by atoms with E-state index in [-0.39, 0.29) is 0 Å². The first-order valence-corrected chi connectivity index (χ1v) is 5.79. The summed E-state index contributed by atoms with van der Waals surface area (Å²) in [6.45, 7) is 5.60. The Morgan fingerprint density at radius 3 is 2.79 bits per heavy atom. The standard InChI is InChI=1S/C12H18N2/c1-9(2)10-8-11-12(5-6-12)4-3-7-14(11)13-10/h8-9H,3-7H2,1-2H3. The quantitative estimate of drug-likeness (QED) is 0.666. The fourth-order valence-corrected chi connectivity index (χ4v) is 2.67. The van der Waals surface area contributed by atoms with E-state index < -0.39 is 0 Å². The van der Waals surface area contributed by atoms with Gasteiger partial charge in [0.1, 0.15) is 0 Å². The molecule has 2 aliphatic rings. The van der Waals surface area contributed by atoms with Gasteiger partial charge in [0.05, 0.1) is 5.69 Å². The van der Waals surface area contributed by atoms with Gasteiger partial charge >= 0.3 is 0 Å². The van der Waals surface area contributed by atoms with Crippen molar-refractivity contribution < 1.29 is 0 Å². The van der Waals surface area contributed by atoms with Gasteiger partial charge in [-0.15, -0.1) is 0 Å². The molecule has 1 aromatic heterocycles. The molecule has 1 fully saturated rings. The monoisotopic (exact) mass is 190 g/mol. The lowest BCUT2D eigenvalue weighted by molar-refractivity contribution is 0.409. The topological polar surface area (TPSA) is 17.8 Å². The summed E-state index contributed by atoms with van der Waals surface area (Å²) in [4.78, 5) is 0. The van der Waals surface area contributed by atoms with E-state index in [1.165, 1.54) is 37.1 Å². The Bertz CT molecular complexity index is 358. The van der Waals surface area contributed by atoms with Gasteiger partial charge in [-0.1, -0.05) is 13.8 Å². The minimum absolute atomic E-state index is 0.568. The molecule has 0 amide bonds. The largest absolute Gasteiger partial charge is 0.269 e. The molecule has 0 N–H and O–H groups in total. The second kappa shape index (κ2) is 2.62. The van der Waals surface area contributed by atoms with Crippen LogP contribution in [0, 0.1) is 0 Å². The number of aryl methyl sites for hydroxylation is 1. The Morgan fingerprint density at radius 2 is 2.14 bits per heavy atom. The van der Waals surface area contributed by atoms with Crippen LogP contribution in [0.2, 0.25) is 0 Å². The van der Waals surface area contributed by atoms with Gasteiger partial charge in [0.25, 0.3) is 0 Å². The molecule has 76 valence electrons. The van der Waals surface area contributed by atoms with Crippen LogP contribution in [0.25, 0.3) is 0 Å². The summed E-state index contributed by atoms with van der Waals surface area (Å²) in [5.74, 6) is 0.573. The van der Waals surface area contributed by atoms with Crippen LogP contribution >= 0.6 is 0 Å². The highest BCUT2D eigenvalue weighted by Gasteiger charge is 2.48. The molecule has 0 unspecified atom stereocenters. The van der Waals surface area contributed by atoms with Crippen molar-refractivity contribution in [1.29, 1.82) is 0 Å². The molecule has 1 aromatic rings. The lowest BCUT2D eigenvalue weighted by atomic mass is 9.92. The molecule has 1 spiro atoms. The molecule has 2 heterocycles. The number of nitrogens with zero attached hydrogens (tertiary/aromatic N) is 2. The van der Waals surface area contributed by atoms with E-state index in [1.807, 2.05) is 0 Å². The van der Waals surface area contributed by atoms with Crippen molar-refractivity contribution in [1.82, 2.24) is 9.78 Å². The van der Waals surface area contributed by atoms with Crippen LogP contribution < -0.4 is 0 Å². The third kappa shape index (κ3) is 1.06. The van der Waals surface area contributed by atoms with Crippen molar-refractivity contribution in [3.63, 3.8) is 0 Å². The summed E-state index contributed by atoms with van der Waals surface area (Å²) in [5, 5.41) is 4.70. The Kier molecular flexibility index (Phi) is 1.59. The first kappa shape index (κ1) is 8.51. The Balaban J connectivity index is 2.05. The van der Waals surface area contributed by atoms with E-state index in [0.717, 1.165) is 6.54 Å². The fraction of sp³-hybridized carbons (Fsp3) is 0.750. The minimum Gasteiger partial charge on any atom is -0.269 e. The second-order valence-corrected chi connectivity index (χ2v) is 5.22. The highest BCUT2D eigenvalue weighted by Crippen LogP contribution is 2.53. The van der Waals surface area contributed by atoms with E-state index in [2.05, 4.69) is 24.6 Å². The first-order chi connectivity index (χ1) is 6.71. The molecule has 2 heteroatoms. The van der Waals surface area contributed by atoms with Crippen molar-refractivity contribution >= 4 is 0 Å². The van der Waals surface area contributed by atoms with Crippen molar-refractivity contribution in [3.8, 4) is 0 Å². The molecule has 2 nitrogen and oxygen atoms in total. The predicted octanol–water partition coefficient (Wildman–Crippen LogP) is 2.83. The van der Waals surface area contributed by atoms with Crippen LogP contribution in [0.1, 0.15) is 56.8 Å². The summed E-state index contributed by atoms with van der Waals surface area (Å²) in [6.07, 6.45) is 5.52. The number of aromatic nitrogens is 2. The molecule has 0 radical (unpaired) electrons. The van der Waals surface area contributed by atoms with E-state index in [9.17, 15) is 0 Å². The molecule has 1 saturated carbocycles. The lowest BCUT2D eigenvalue weighted by Crippen LogP contribution is -2.21. The molecule has 1 aliphatic carbocycles. The van der Waals surface area contributed by atoms with Gasteiger partial charge in [-0.25, -0.2) is 0 Å². The molecule has 0 bridgehead atoms. The van der Waals surface area contributed by atoms with Crippen LogP contribution in [-0.4, -0.2) is 9.78 Å². The van der Waals surface area contributed by atoms with Crippen LogP contribution in [0.4, 0.5) is 0 Å². The maximum absolute atomic E-state index is 4.70. The predicted molar refractivity (Wildman–Crippen MR) is 56.5 cm³/mol. The van der Waals surface area contributed by atoms with Gasteiger partial charge in [0.15, 0.2) is 0 Å². The summed E-state index contributed by atoms with van der Waals surface area (Å²) in [6, 6.07) is 2.36. The highest BCUT2D eigenvalue weighted by atomic mass is 15.3. The summed E-state index contributed by atoms with van der Waals surface area (Å²) in [7, 11) is 0. The average molecular weight is 190 g/mol. The molecular weight excluding hydrogens is 172 g/mol. The minimum atomic E-state index is 0.568. The summed E-state index contributed by atoms with van der Waals surface area (Å²) < 4.78 is 2.27. The molecule has 0 saturated heterocycles. The normalized spacial score (nSPS) is 22.8. The van der Waals surface area contributed by atoms with E-state index in [0.29, 0.717) is 11.3 Å². The Morgan fingerprint density at radius 1 is 1.36 bits per heavy atom. The van der Waals surface area contributed by atoms with E-state index in [1.54, 1.807) is 0 Å². The van der Waals surface area contributed by atoms with E-state index in [4.69, 9.17) is 5.10 Å². The van der Waals surface area contributed by atoms with Crippen LogP contribution in [0.5, 0.6) is 0 Å². The van der Waals surface area contributed by atoms with Crippen molar-refractivity contribution in [2.75, 3.05) is 0 Å². The number of fused-ring (bicyclic) bond motifs is 2. The molecule has 14 heavy (non-hydrogen) atoms. The van der Waals surface area contributed by atoms with Crippen LogP contribution in [-0.2, 0) is 12.0 Å². The number of hydrogen-bond acceptors (Lipinski definition) is 1. The maximum Gasteiger partial charge on any atom is 0.0653 e. The second-order valence-electron chi connectivity index (χ2n) is 5.22. The maximum atomic E-state index is 4.70. The SMILES string of the molecule is CC(C)c1cc2n(n1)CCCC21CC1. The zero-order chi connectivity index (χ0) is 9.76. The Labute approximate surface area is 85.3 Å². The van der Waals surface area contributed by atoms with Gasteiger partial charge in [0.2, 0.25) is 0 Å². The van der Waals surface area contributed by atoms with Crippen molar-refractivity contribution in [2.45, 2.75) is 57.4 Å². The summed E-state index contributed by atoms with van der Waals surface area (Å²) >= 11 is 0. The van der Waals surface area contributed by atoms with Gasteiger partial charge in [-0.3, -0.25) is 4.68 Å².